The maximum absolute atomic E-state index is 13.3. The Hall–Kier alpha value is -2.62. The van der Waals surface area contributed by atoms with Gasteiger partial charge >= 0.3 is 5.97 Å². The number of amides is 1. The molecule has 1 amide bonds. The predicted molar refractivity (Wildman–Crippen MR) is 100 cm³/mol. The number of nitrogens with zero attached hydrogens (tertiary/aromatic N) is 1. The number of hydrogen-bond donors (Lipinski definition) is 0. The van der Waals surface area contributed by atoms with Crippen molar-refractivity contribution in [3.63, 3.8) is 0 Å². The van der Waals surface area contributed by atoms with Gasteiger partial charge < -0.3 is 9.64 Å². The molecule has 0 saturated heterocycles. The first-order chi connectivity index (χ1) is 12.3. The number of carbonyl (C=O) groups is 2. The zero-order valence-electron chi connectivity index (χ0n) is 15.5. The minimum absolute atomic E-state index is 0.0270. The lowest BCUT2D eigenvalue weighted by molar-refractivity contribution is -0.144. The largest absolute Gasteiger partial charge is 0.468 e. The van der Waals surface area contributed by atoms with Crippen LogP contribution in [0, 0.1) is 5.41 Å². The van der Waals surface area contributed by atoms with Gasteiger partial charge in [0.25, 0.3) is 0 Å². The number of rotatable bonds is 2. The molecular formula is C22H23NO3. The average Bonchev–Trinajstić information content (AvgIpc) is 3.20. The molecule has 3 atom stereocenters. The van der Waals surface area contributed by atoms with Gasteiger partial charge in [0.05, 0.1) is 13.2 Å². The average molecular weight is 349 g/mol. The summed E-state index contributed by atoms with van der Waals surface area (Å²) in [7, 11) is 1.42. The van der Waals surface area contributed by atoms with Gasteiger partial charge in [-0.2, -0.15) is 0 Å². The van der Waals surface area contributed by atoms with Gasteiger partial charge in [-0.1, -0.05) is 69.3 Å². The molecule has 0 bridgehead atoms. The summed E-state index contributed by atoms with van der Waals surface area (Å²) >= 11 is 0. The maximum Gasteiger partial charge on any atom is 0.319 e. The van der Waals surface area contributed by atoms with Crippen molar-refractivity contribution in [2.75, 3.05) is 12.0 Å². The summed E-state index contributed by atoms with van der Waals surface area (Å²) in [5.74, 6) is -0.320. The molecule has 26 heavy (non-hydrogen) atoms. The summed E-state index contributed by atoms with van der Waals surface area (Å²) in [6.07, 6.45) is 0. The highest BCUT2D eigenvalue weighted by molar-refractivity contribution is 6.07. The Labute approximate surface area is 153 Å². The van der Waals surface area contributed by atoms with Crippen molar-refractivity contribution in [1.82, 2.24) is 0 Å². The van der Waals surface area contributed by atoms with Crippen LogP contribution in [0.2, 0.25) is 0 Å². The van der Waals surface area contributed by atoms with E-state index in [2.05, 4.69) is 0 Å². The molecule has 0 aromatic heterocycles. The molecular weight excluding hydrogens is 326 g/mol. The molecule has 0 radical (unpaired) electrons. The molecule has 1 aliphatic heterocycles. The van der Waals surface area contributed by atoms with Crippen LogP contribution in [-0.4, -0.2) is 25.0 Å². The second kappa shape index (κ2) is 5.44. The number of ether oxygens (including phenoxy) is 1. The first-order valence-electron chi connectivity index (χ1n) is 8.91. The lowest BCUT2D eigenvalue weighted by Gasteiger charge is -2.32. The minimum Gasteiger partial charge on any atom is -0.468 e. The first kappa shape index (κ1) is 16.8. The van der Waals surface area contributed by atoms with Crippen LogP contribution in [0.3, 0.4) is 0 Å². The van der Waals surface area contributed by atoms with Crippen molar-refractivity contribution in [1.29, 1.82) is 0 Å². The Balaban J connectivity index is 1.92. The zero-order chi connectivity index (χ0) is 18.7. The third-order valence-corrected chi connectivity index (χ3v) is 5.61. The second-order valence-corrected chi connectivity index (χ2v) is 8.13. The lowest BCUT2D eigenvalue weighted by Crippen LogP contribution is -2.45. The van der Waals surface area contributed by atoms with Crippen LogP contribution in [0.5, 0.6) is 0 Å². The number of fused-ring (bicyclic) bond motifs is 3. The summed E-state index contributed by atoms with van der Waals surface area (Å²) in [4.78, 5) is 28.1. The molecule has 134 valence electrons. The molecule has 4 rings (SSSR count). The molecule has 0 unspecified atom stereocenters. The third-order valence-electron chi connectivity index (χ3n) is 5.61. The van der Waals surface area contributed by atoms with Crippen LogP contribution >= 0.6 is 0 Å². The summed E-state index contributed by atoms with van der Waals surface area (Å²) in [5, 5.41) is 0. The van der Waals surface area contributed by atoms with E-state index >= 15 is 0 Å². The normalized spacial score (nSPS) is 26.1. The molecule has 4 heteroatoms. The molecule has 1 heterocycles. The molecule has 2 aliphatic rings. The fourth-order valence-electron chi connectivity index (χ4n) is 4.45. The van der Waals surface area contributed by atoms with Gasteiger partial charge in [0.15, 0.2) is 0 Å². The highest BCUT2D eigenvalue weighted by Gasteiger charge is 2.78. The van der Waals surface area contributed by atoms with Crippen molar-refractivity contribution in [2.24, 2.45) is 5.41 Å². The Morgan fingerprint density at radius 3 is 2.23 bits per heavy atom. The van der Waals surface area contributed by atoms with Crippen molar-refractivity contribution in [3.05, 3.63) is 65.7 Å². The number of benzene rings is 2. The maximum atomic E-state index is 13.3. The van der Waals surface area contributed by atoms with E-state index in [0.717, 1.165) is 16.8 Å². The molecule has 0 N–H and O–H groups in total. The second-order valence-electron chi connectivity index (χ2n) is 8.13. The summed E-state index contributed by atoms with van der Waals surface area (Å²) in [6.45, 7) is 5.74. The van der Waals surface area contributed by atoms with E-state index in [1.54, 1.807) is 0 Å². The molecule has 1 aliphatic carbocycles. The van der Waals surface area contributed by atoms with Gasteiger partial charge in [0, 0.05) is 17.0 Å². The molecule has 1 fully saturated rings. The smallest absolute Gasteiger partial charge is 0.319 e. The summed E-state index contributed by atoms with van der Waals surface area (Å²) in [6, 6.07) is 17.4. The van der Waals surface area contributed by atoms with Crippen molar-refractivity contribution in [3.8, 4) is 0 Å². The van der Waals surface area contributed by atoms with E-state index < -0.39 is 10.8 Å². The number of hydrogen-bond acceptors (Lipinski definition) is 3. The van der Waals surface area contributed by atoms with Gasteiger partial charge in [0.1, 0.15) is 5.41 Å². The Morgan fingerprint density at radius 2 is 1.62 bits per heavy atom. The van der Waals surface area contributed by atoms with Crippen LogP contribution in [0.4, 0.5) is 5.69 Å². The van der Waals surface area contributed by atoms with Gasteiger partial charge in [-0.25, -0.2) is 0 Å². The first-order valence-corrected chi connectivity index (χ1v) is 8.91. The summed E-state index contributed by atoms with van der Waals surface area (Å²) < 4.78 is 5.22. The highest BCUT2D eigenvalue weighted by Crippen LogP contribution is 2.70. The number of anilines is 1. The van der Waals surface area contributed by atoms with Crippen molar-refractivity contribution < 1.29 is 14.3 Å². The quantitative estimate of drug-likeness (QED) is 0.778. The number of esters is 1. The van der Waals surface area contributed by atoms with Crippen LogP contribution in [-0.2, 0) is 19.7 Å². The predicted octanol–water partition coefficient (Wildman–Crippen LogP) is 3.66. The van der Waals surface area contributed by atoms with Crippen LogP contribution in [0.25, 0.3) is 0 Å². The van der Waals surface area contributed by atoms with Gasteiger partial charge in [0.2, 0.25) is 5.91 Å². The molecule has 1 saturated carbocycles. The number of methoxy groups -OCH3 is 1. The third kappa shape index (κ3) is 2.02. The summed E-state index contributed by atoms with van der Waals surface area (Å²) in [5.41, 5.74) is 1.50. The molecule has 4 nitrogen and oxygen atoms in total. The van der Waals surface area contributed by atoms with Gasteiger partial charge in [-0.15, -0.1) is 0 Å². The van der Waals surface area contributed by atoms with Crippen LogP contribution < -0.4 is 4.90 Å². The SMILES string of the molecule is COC(=O)[C@@]1(c2ccccc2)[C@@H]2c3ccccc3N(C(=O)C(C)(C)C)[C@@H]21. The van der Waals surface area contributed by atoms with Crippen LogP contribution in [0.1, 0.15) is 37.8 Å². The van der Waals surface area contributed by atoms with Gasteiger partial charge in [-0.05, 0) is 17.2 Å². The molecule has 2 aromatic rings. The van der Waals surface area contributed by atoms with Gasteiger partial charge in [-0.3, -0.25) is 9.59 Å². The Bertz CT molecular complexity index is 884. The lowest BCUT2D eigenvalue weighted by atomic mass is 9.87. The number of para-hydroxylation sites is 1. The number of carbonyl (C=O) groups excluding carboxylic acids is 2. The van der Waals surface area contributed by atoms with Crippen molar-refractivity contribution >= 4 is 17.6 Å². The van der Waals surface area contributed by atoms with E-state index in [1.807, 2.05) is 80.3 Å². The van der Waals surface area contributed by atoms with E-state index in [4.69, 9.17) is 4.74 Å². The highest BCUT2D eigenvalue weighted by atomic mass is 16.5. The fourth-order valence-corrected chi connectivity index (χ4v) is 4.45. The molecule has 2 aromatic carbocycles. The van der Waals surface area contributed by atoms with E-state index in [9.17, 15) is 9.59 Å². The molecule has 0 spiro atoms. The van der Waals surface area contributed by atoms with Crippen molar-refractivity contribution in [2.45, 2.75) is 38.1 Å². The fraction of sp³-hybridized carbons (Fsp3) is 0.364. The Morgan fingerprint density at radius 1 is 1.00 bits per heavy atom. The minimum atomic E-state index is -0.828. The van der Waals surface area contributed by atoms with E-state index in [0.29, 0.717) is 0 Å². The zero-order valence-corrected chi connectivity index (χ0v) is 15.5. The van der Waals surface area contributed by atoms with E-state index in [1.165, 1.54) is 7.11 Å². The van der Waals surface area contributed by atoms with E-state index in [-0.39, 0.29) is 23.8 Å². The van der Waals surface area contributed by atoms with Crippen LogP contribution in [0.15, 0.2) is 54.6 Å². The standard InChI is InChI=1S/C22H23NO3/c1-21(2,3)19(24)23-16-13-9-8-12-15(16)17-18(23)22(17,20(25)26-4)14-10-6-5-7-11-14/h5-13,17-18H,1-4H3/t17-,18+,22+/m1/s1. The topological polar surface area (TPSA) is 46.6 Å². The Kier molecular flexibility index (Phi) is 3.52. The monoisotopic (exact) mass is 349 g/mol.